The number of carboxylic acids is 1. The van der Waals surface area contributed by atoms with Crippen LogP contribution in [0.15, 0.2) is 18.2 Å². The number of benzene rings is 1. The number of phenols is 2. The Morgan fingerprint density at radius 3 is 2.33 bits per heavy atom. The van der Waals surface area contributed by atoms with Crippen molar-refractivity contribution in [2.45, 2.75) is 6.18 Å². The van der Waals surface area contributed by atoms with E-state index in [1.807, 2.05) is 0 Å². The van der Waals surface area contributed by atoms with Gasteiger partial charge in [0.15, 0.2) is 5.69 Å². The van der Waals surface area contributed by atoms with Gasteiger partial charge in [-0.3, -0.25) is 4.68 Å². The van der Waals surface area contributed by atoms with E-state index in [9.17, 15) is 28.2 Å². The summed E-state index contributed by atoms with van der Waals surface area (Å²) in [7, 11) is 1.30. The van der Waals surface area contributed by atoms with Crippen LogP contribution in [0, 0.1) is 0 Å². The first-order valence-corrected chi connectivity index (χ1v) is 5.52. The minimum absolute atomic E-state index is 0.0775. The fraction of sp³-hybridized carbons (Fsp3) is 0.167. The summed E-state index contributed by atoms with van der Waals surface area (Å²) < 4.78 is 39.3. The van der Waals surface area contributed by atoms with Crippen LogP contribution in [0.5, 0.6) is 11.5 Å². The van der Waals surface area contributed by atoms with Crippen LogP contribution >= 0.6 is 0 Å². The third-order valence-corrected chi connectivity index (χ3v) is 2.77. The zero-order valence-corrected chi connectivity index (χ0v) is 10.5. The number of aromatic hydroxyl groups is 2. The molecule has 0 aliphatic carbocycles. The first-order valence-electron chi connectivity index (χ1n) is 5.52. The molecule has 0 amide bonds. The van der Waals surface area contributed by atoms with Crippen molar-refractivity contribution in [1.82, 2.24) is 9.78 Å². The highest BCUT2D eigenvalue weighted by Crippen LogP contribution is 2.43. The Kier molecular flexibility index (Phi) is 3.28. The van der Waals surface area contributed by atoms with Crippen LogP contribution < -0.4 is 0 Å². The molecular formula is C12H9F3N2O4. The number of phenolic OH excluding ortho intramolecular Hbond substituents is 2. The zero-order valence-electron chi connectivity index (χ0n) is 10.5. The Balaban J connectivity index is 2.70. The molecule has 21 heavy (non-hydrogen) atoms. The van der Waals surface area contributed by atoms with Crippen LogP contribution in [-0.4, -0.2) is 31.1 Å². The molecule has 1 aromatic heterocycles. The summed E-state index contributed by atoms with van der Waals surface area (Å²) in [5, 5.41) is 31.5. The van der Waals surface area contributed by atoms with Gasteiger partial charge >= 0.3 is 12.1 Å². The summed E-state index contributed by atoms with van der Waals surface area (Å²) in [5.74, 6) is -3.19. The maximum atomic E-state index is 12.8. The van der Waals surface area contributed by atoms with Gasteiger partial charge in [0.2, 0.25) is 0 Å². The molecule has 1 aromatic carbocycles. The second-order valence-electron chi connectivity index (χ2n) is 4.23. The van der Waals surface area contributed by atoms with E-state index in [0.717, 1.165) is 16.8 Å². The standard InChI is InChI=1S/C12H9F3N2O4/c1-17-9(4-8(16-17)11(20)21)6-2-5(18)3-7(10(6)19)12(13,14)15/h2-4,18-19H,1H3,(H,20,21). The molecule has 0 fully saturated rings. The predicted octanol–water partition coefficient (Wildman–Crippen LogP) is 2.22. The second-order valence-corrected chi connectivity index (χ2v) is 4.23. The molecule has 0 saturated heterocycles. The summed E-state index contributed by atoms with van der Waals surface area (Å²) >= 11 is 0. The van der Waals surface area contributed by atoms with Gasteiger partial charge in [0.25, 0.3) is 0 Å². The number of aryl methyl sites for hydroxylation is 1. The van der Waals surface area contributed by atoms with Crippen LogP contribution in [0.4, 0.5) is 13.2 Å². The molecule has 2 aromatic rings. The van der Waals surface area contributed by atoms with Gasteiger partial charge in [-0.15, -0.1) is 0 Å². The highest BCUT2D eigenvalue weighted by atomic mass is 19.4. The molecular weight excluding hydrogens is 293 g/mol. The largest absolute Gasteiger partial charge is 0.508 e. The minimum atomic E-state index is -4.87. The van der Waals surface area contributed by atoms with E-state index in [1.165, 1.54) is 7.05 Å². The van der Waals surface area contributed by atoms with E-state index >= 15 is 0 Å². The molecule has 0 radical (unpaired) electrons. The van der Waals surface area contributed by atoms with Gasteiger partial charge in [0.1, 0.15) is 17.1 Å². The summed E-state index contributed by atoms with van der Waals surface area (Å²) in [6.07, 6.45) is -4.87. The van der Waals surface area contributed by atoms with Gasteiger partial charge in [-0.2, -0.15) is 18.3 Å². The Morgan fingerprint density at radius 1 is 1.24 bits per heavy atom. The van der Waals surface area contributed by atoms with Crippen molar-refractivity contribution in [1.29, 1.82) is 0 Å². The highest BCUT2D eigenvalue weighted by molar-refractivity contribution is 5.87. The fourth-order valence-electron chi connectivity index (χ4n) is 1.85. The minimum Gasteiger partial charge on any atom is -0.508 e. The smallest absolute Gasteiger partial charge is 0.420 e. The van der Waals surface area contributed by atoms with Crippen LogP contribution in [0.3, 0.4) is 0 Å². The lowest BCUT2D eigenvalue weighted by Gasteiger charge is -2.13. The summed E-state index contributed by atoms with van der Waals surface area (Å²) in [5.41, 5.74) is -2.27. The van der Waals surface area contributed by atoms with Gasteiger partial charge in [-0.05, 0) is 18.2 Å². The molecule has 112 valence electrons. The normalized spacial score (nSPS) is 11.6. The molecule has 0 saturated carbocycles. The molecule has 2 rings (SSSR count). The van der Waals surface area contributed by atoms with E-state index in [1.54, 1.807) is 0 Å². The van der Waals surface area contributed by atoms with Crippen LogP contribution in [0.1, 0.15) is 16.1 Å². The van der Waals surface area contributed by atoms with Crippen molar-refractivity contribution in [2.24, 2.45) is 7.05 Å². The molecule has 0 unspecified atom stereocenters. The van der Waals surface area contributed by atoms with Crippen molar-refractivity contribution in [3.8, 4) is 22.8 Å². The second kappa shape index (κ2) is 4.69. The lowest BCUT2D eigenvalue weighted by atomic mass is 10.0. The van der Waals surface area contributed by atoms with Gasteiger partial charge in [0.05, 0.1) is 5.69 Å². The molecule has 0 bridgehead atoms. The molecule has 6 nitrogen and oxygen atoms in total. The number of halogens is 3. The number of hydrogen-bond acceptors (Lipinski definition) is 4. The first kappa shape index (κ1) is 14.7. The van der Waals surface area contributed by atoms with Crippen LogP contribution in [-0.2, 0) is 13.2 Å². The summed E-state index contributed by atoms with van der Waals surface area (Å²) in [4.78, 5) is 10.8. The number of carbonyl (C=O) groups is 1. The lowest BCUT2D eigenvalue weighted by Crippen LogP contribution is -2.06. The summed E-state index contributed by atoms with van der Waals surface area (Å²) in [6, 6.07) is 2.28. The van der Waals surface area contributed by atoms with E-state index < -0.39 is 34.9 Å². The number of carboxylic acid groups (broad SMARTS) is 1. The number of aromatic nitrogens is 2. The average Bonchev–Trinajstić information content (AvgIpc) is 2.72. The fourth-order valence-corrected chi connectivity index (χ4v) is 1.85. The van der Waals surface area contributed by atoms with E-state index in [-0.39, 0.29) is 11.3 Å². The number of aromatic carboxylic acids is 1. The Hall–Kier alpha value is -2.71. The Labute approximate surface area is 115 Å². The summed E-state index contributed by atoms with van der Waals surface area (Å²) in [6.45, 7) is 0. The van der Waals surface area contributed by atoms with Crippen LogP contribution in [0.25, 0.3) is 11.3 Å². The molecule has 0 aliphatic rings. The van der Waals surface area contributed by atoms with Crippen molar-refractivity contribution in [3.63, 3.8) is 0 Å². The quantitative estimate of drug-likeness (QED) is 0.739. The van der Waals surface area contributed by atoms with Crippen LogP contribution in [0.2, 0.25) is 0 Å². The maximum Gasteiger partial charge on any atom is 0.420 e. The third-order valence-electron chi connectivity index (χ3n) is 2.77. The van der Waals surface area contributed by atoms with E-state index in [2.05, 4.69) is 5.10 Å². The third kappa shape index (κ3) is 2.62. The highest BCUT2D eigenvalue weighted by Gasteiger charge is 2.36. The average molecular weight is 302 g/mol. The van der Waals surface area contributed by atoms with E-state index in [0.29, 0.717) is 6.07 Å². The molecule has 3 N–H and O–H groups in total. The van der Waals surface area contributed by atoms with Crippen molar-refractivity contribution >= 4 is 5.97 Å². The van der Waals surface area contributed by atoms with Crippen molar-refractivity contribution < 1.29 is 33.3 Å². The topological polar surface area (TPSA) is 95.6 Å². The number of alkyl halides is 3. The molecule has 0 aliphatic heterocycles. The maximum absolute atomic E-state index is 12.8. The Bertz CT molecular complexity index is 722. The zero-order chi connectivity index (χ0) is 15.9. The monoisotopic (exact) mass is 302 g/mol. The van der Waals surface area contributed by atoms with Crippen molar-refractivity contribution in [2.75, 3.05) is 0 Å². The Morgan fingerprint density at radius 2 is 1.86 bits per heavy atom. The number of nitrogens with zero attached hydrogens (tertiary/aromatic N) is 2. The number of rotatable bonds is 2. The van der Waals surface area contributed by atoms with E-state index in [4.69, 9.17) is 5.11 Å². The molecule has 0 spiro atoms. The van der Waals surface area contributed by atoms with Gasteiger partial charge in [0, 0.05) is 12.6 Å². The lowest BCUT2D eigenvalue weighted by molar-refractivity contribution is -0.138. The predicted molar refractivity (Wildman–Crippen MR) is 63.9 cm³/mol. The first-order chi connectivity index (χ1) is 9.61. The number of hydrogen-bond donors (Lipinski definition) is 3. The van der Waals surface area contributed by atoms with Crippen molar-refractivity contribution in [3.05, 3.63) is 29.5 Å². The van der Waals surface area contributed by atoms with Gasteiger partial charge in [-0.1, -0.05) is 0 Å². The van der Waals surface area contributed by atoms with Gasteiger partial charge in [-0.25, -0.2) is 4.79 Å². The van der Waals surface area contributed by atoms with Gasteiger partial charge < -0.3 is 15.3 Å². The molecule has 1 heterocycles. The molecule has 9 heteroatoms. The SMILES string of the molecule is Cn1nc(C(=O)O)cc1-c1cc(O)cc(C(F)(F)F)c1O. The molecule has 0 atom stereocenters.